The fraction of sp³-hybridized carbons (Fsp3) is 0.647. The zero-order chi connectivity index (χ0) is 31.9. The fourth-order valence-corrected chi connectivity index (χ4v) is 9.38. The molecule has 3 saturated heterocycles. The van der Waals surface area contributed by atoms with Gasteiger partial charge in [0.2, 0.25) is 15.9 Å². The molecule has 0 spiro atoms. The van der Waals surface area contributed by atoms with Crippen LogP contribution in [0.25, 0.3) is 0 Å². The molecule has 3 aliphatic rings. The fourth-order valence-electron chi connectivity index (χ4n) is 7.24. The van der Waals surface area contributed by atoms with Gasteiger partial charge in [0.15, 0.2) is 0 Å². The number of amides is 1. The Morgan fingerprint density at radius 1 is 1.00 bits per heavy atom. The van der Waals surface area contributed by atoms with Crippen LogP contribution in [0.2, 0.25) is 0 Å². The van der Waals surface area contributed by atoms with Crippen LogP contribution in [-0.4, -0.2) is 106 Å². The average molecular weight is 643 g/mol. The second kappa shape index (κ2) is 15.3. The molecule has 0 bridgehead atoms. The molecule has 3 aliphatic heterocycles. The molecular formula is C34H50N4O6S. The van der Waals surface area contributed by atoms with Crippen LogP contribution in [0.15, 0.2) is 41.6 Å². The molecule has 3 fully saturated rings. The Bertz CT molecular complexity index is 1350. The maximum atomic E-state index is 13.8. The average Bonchev–Trinajstić information content (AvgIpc) is 3.57. The van der Waals surface area contributed by atoms with Crippen molar-refractivity contribution in [3.05, 3.63) is 53.3 Å². The van der Waals surface area contributed by atoms with Crippen LogP contribution in [0.5, 0.6) is 5.75 Å². The molecule has 0 N–H and O–H groups in total. The first-order valence-electron chi connectivity index (χ1n) is 16.5. The Kier molecular flexibility index (Phi) is 11.5. The number of likely N-dealkylation sites (tertiary alicyclic amines) is 2. The lowest BCUT2D eigenvalue weighted by molar-refractivity contribution is -0.144. The van der Waals surface area contributed by atoms with E-state index < -0.39 is 15.6 Å². The Morgan fingerprint density at radius 3 is 2.38 bits per heavy atom. The predicted octanol–water partition coefficient (Wildman–Crippen LogP) is 4.29. The highest BCUT2D eigenvalue weighted by Gasteiger charge is 2.39. The summed E-state index contributed by atoms with van der Waals surface area (Å²) in [6, 6.07) is 7.41. The van der Waals surface area contributed by atoms with Crippen molar-refractivity contribution in [1.29, 1.82) is 0 Å². The van der Waals surface area contributed by atoms with Crippen LogP contribution in [0.4, 0.5) is 0 Å². The summed E-state index contributed by atoms with van der Waals surface area (Å²) in [5, 5.41) is 0. The number of methoxy groups -OCH3 is 1. The topological polar surface area (TPSA) is 102 Å². The van der Waals surface area contributed by atoms with E-state index in [0.29, 0.717) is 73.9 Å². The van der Waals surface area contributed by atoms with E-state index in [9.17, 15) is 13.2 Å². The van der Waals surface area contributed by atoms with Gasteiger partial charge >= 0.3 is 0 Å². The molecule has 1 aromatic heterocycles. The minimum absolute atomic E-state index is 0.00806. The standard InChI is InChI=1S/C34H50N4O6S/c1-27-23-31(42-3)24-28(2)33(27)45(40,41)38-17-5-4-10-30(38)11-21-43-26-32(39)37-18-12-34(13-19-37,29-9-8-14-35-25-29)44-22-20-36-15-6-7-16-36/h8-9,14,23-25,30H,4-7,10-13,15-22,26H2,1-3H3. The molecule has 2 aromatic rings. The number of aromatic nitrogens is 1. The molecule has 1 aromatic carbocycles. The molecule has 10 nitrogen and oxygen atoms in total. The number of hydrogen-bond donors (Lipinski definition) is 0. The number of hydrogen-bond acceptors (Lipinski definition) is 8. The van der Waals surface area contributed by atoms with E-state index in [1.165, 1.54) is 12.8 Å². The van der Waals surface area contributed by atoms with Crippen molar-refractivity contribution in [3.8, 4) is 5.75 Å². The van der Waals surface area contributed by atoms with Crippen molar-refractivity contribution in [2.75, 3.05) is 66.2 Å². The van der Waals surface area contributed by atoms with Gasteiger partial charge in [-0.3, -0.25) is 9.78 Å². The van der Waals surface area contributed by atoms with Gasteiger partial charge in [-0.25, -0.2) is 8.42 Å². The van der Waals surface area contributed by atoms with Crippen LogP contribution in [0.1, 0.15) is 68.1 Å². The van der Waals surface area contributed by atoms with E-state index in [4.69, 9.17) is 14.2 Å². The smallest absolute Gasteiger partial charge is 0.248 e. The van der Waals surface area contributed by atoms with Gasteiger partial charge in [-0.05, 0) is 101 Å². The molecule has 45 heavy (non-hydrogen) atoms. The number of piperidine rings is 2. The molecule has 1 unspecified atom stereocenters. The van der Waals surface area contributed by atoms with Crippen LogP contribution in [0.3, 0.4) is 0 Å². The van der Waals surface area contributed by atoms with Crippen molar-refractivity contribution < 1.29 is 27.4 Å². The minimum atomic E-state index is -3.69. The lowest BCUT2D eigenvalue weighted by Gasteiger charge is -2.42. The Hall–Kier alpha value is -2.57. The third kappa shape index (κ3) is 8.05. The monoisotopic (exact) mass is 642 g/mol. The molecule has 1 atom stereocenters. The quantitative estimate of drug-likeness (QED) is 0.299. The summed E-state index contributed by atoms with van der Waals surface area (Å²) in [6.45, 7) is 9.51. The third-order valence-corrected chi connectivity index (χ3v) is 12.0. The highest BCUT2D eigenvalue weighted by Crippen LogP contribution is 2.37. The summed E-state index contributed by atoms with van der Waals surface area (Å²) in [4.78, 5) is 22.2. The van der Waals surface area contributed by atoms with Gasteiger partial charge in [0.05, 0.1) is 24.2 Å². The van der Waals surface area contributed by atoms with Gasteiger partial charge in [0, 0.05) is 56.8 Å². The van der Waals surface area contributed by atoms with E-state index in [1.807, 2.05) is 31.0 Å². The third-order valence-electron chi connectivity index (χ3n) is 9.73. The van der Waals surface area contributed by atoms with Crippen LogP contribution >= 0.6 is 0 Å². The SMILES string of the molecule is COc1cc(C)c(S(=O)(=O)N2CCCCC2CCOCC(=O)N2CCC(OCCN3CCCC3)(c3cccnc3)CC2)c(C)c1. The number of benzene rings is 1. The number of carbonyl (C=O) groups is 1. The zero-order valence-corrected chi connectivity index (χ0v) is 28.0. The van der Waals surface area contributed by atoms with Crippen molar-refractivity contribution >= 4 is 15.9 Å². The van der Waals surface area contributed by atoms with Crippen molar-refractivity contribution in [2.45, 2.75) is 81.8 Å². The normalized spacial score (nSPS) is 21.2. The number of carbonyl (C=O) groups excluding carboxylic acids is 1. The number of nitrogens with zero attached hydrogens (tertiary/aromatic N) is 4. The predicted molar refractivity (Wildman–Crippen MR) is 173 cm³/mol. The van der Waals surface area contributed by atoms with Crippen LogP contribution in [0, 0.1) is 13.8 Å². The number of pyridine rings is 1. The summed E-state index contributed by atoms with van der Waals surface area (Å²) in [5.41, 5.74) is 2.00. The van der Waals surface area contributed by atoms with E-state index in [0.717, 1.165) is 44.5 Å². The lowest BCUT2D eigenvalue weighted by Crippen LogP contribution is -2.48. The summed E-state index contributed by atoms with van der Waals surface area (Å²) >= 11 is 0. The molecule has 0 radical (unpaired) electrons. The van der Waals surface area contributed by atoms with Crippen molar-refractivity contribution in [1.82, 2.24) is 19.1 Å². The molecule has 1 amide bonds. The molecule has 11 heteroatoms. The lowest BCUT2D eigenvalue weighted by atomic mass is 9.85. The summed E-state index contributed by atoms with van der Waals surface area (Å²) < 4.78 is 47.1. The second-order valence-corrected chi connectivity index (χ2v) is 14.5. The molecule has 0 saturated carbocycles. The van der Waals surface area contributed by atoms with Gasteiger partial charge in [-0.1, -0.05) is 12.5 Å². The summed E-state index contributed by atoms with van der Waals surface area (Å²) in [5.74, 6) is 0.614. The first-order valence-corrected chi connectivity index (χ1v) is 18.0. The minimum Gasteiger partial charge on any atom is -0.497 e. The molecule has 5 rings (SSSR count). The summed E-state index contributed by atoms with van der Waals surface area (Å²) in [7, 11) is -2.10. The van der Waals surface area contributed by atoms with Gasteiger partial charge in [-0.2, -0.15) is 4.31 Å². The highest BCUT2D eigenvalue weighted by atomic mass is 32.2. The first-order chi connectivity index (χ1) is 21.7. The van der Waals surface area contributed by atoms with Gasteiger partial charge < -0.3 is 24.0 Å². The highest BCUT2D eigenvalue weighted by molar-refractivity contribution is 7.89. The van der Waals surface area contributed by atoms with E-state index in [2.05, 4.69) is 16.0 Å². The first kappa shape index (κ1) is 33.8. The Morgan fingerprint density at radius 2 is 1.71 bits per heavy atom. The zero-order valence-electron chi connectivity index (χ0n) is 27.2. The summed E-state index contributed by atoms with van der Waals surface area (Å²) in [6.07, 6.45) is 10.8. The van der Waals surface area contributed by atoms with Crippen LogP contribution in [-0.2, 0) is 29.9 Å². The van der Waals surface area contributed by atoms with E-state index in [1.54, 1.807) is 29.7 Å². The molecule has 4 heterocycles. The molecular weight excluding hydrogens is 592 g/mol. The van der Waals surface area contributed by atoms with Crippen molar-refractivity contribution in [3.63, 3.8) is 0 Å². The number of rotatable bonds is 13. The van der Waals surface area contributed by atoms with Gasteiger partial charge in [0.1, 0.15) is 12.4 Å². The second-order valence-electron chi connectivity index (χ2n) is 12.7. The Labute approximate surface area is 269 Å². The molecule has 0 aliphatic carbocycles. The number of ether oxygens (including phenoxy) is 3. The van der Waals surface area contributed by atoms with Crippen LogP contribution < -0.4 is 4.74 Å². The van der Waals surface area contributed by atoms with Gasteiger partial charge in [0.25, 0.3) is 0 Å². The number of sulfonamides is 1. The largest absolute Gasteiger partial charge is 0.497 e. The van der Waals surface area contributed by atoms with E-state index >= 15 is 0 Å². The van der Waals surface area contributed by atoms with Gasteiger partial charge in [-0.15, -0.1) is 0 Å². The van der Waals surface area contributed by atoms with Crippen molar-refractivity contribution in [2.24, 2.45) is 0 Å². The Balaban J connectivity index is 1.12. The number of aryl methyl sites for hydroxylation is 2. The maximum absolute atomic E-state index is 13.8. The maximum Gasteiger partial charge on any atom is 0.248 e. The van der Waals surface area contributed by atoms with E-state index in [-0.39, 0.29) is 18.6 Å². The molecule has 248 valence electrons.